The van der Waals surface area contributed by atoms with E-state index in [1.165, 1.54) is 0 Å². The molecule has 1 aromatic rings. The van der Waals surface area contributed by atoms with Crippen LogP contribution >= 0.6 is 0 Å². The van der Waals surface area contributed by atoms with Crippen molar-refractivity contribution in [1.29, 1.82) is 0 Å². The maximum absolute atomic E-state index is 12.1. The predicted octanol–water partition coefficient (Wildman–Crippen LogP) is 2.02. The standard InChI is InChI=1S/C12H13NO2/c1-9-11(13(2)8-15-9)12(14)10-6-4-3-5-7-10/h3-7H,8H2,1-2H3. The molecule has 1 aliphatic rings. The highest BCUT2D eigenvalue weighted by atomic mass is 16.5. The van der Waals surface area contributed by atoms with Crippen molar-refractivity contribution in [2.24, 2.45) is 0 Å². The first-order chi connectivity index (χ1) is 7.20. The number of hydrogen-bond acceptors (Lipinski definition) is 3. The molecule has 15 heavy (non-hydrogen) atoms. The number of allylic oxidation sites excluding steroid dienone is 2. The van der Waals surface area contributed by atoms with Crippen molar-refractivity contribution in [2.45, 2.75) is 6.92 Å². The highest BCUT2D eigenvalue weighted by Crippen LogP contribution is 2.21. The van der Waals surface area contributed by atoms with Crippen LogP contribution in [0.4, 0.5) is 0 Å². The molecule has 0 atom stereocenters. The van der Waals surface area contributed by atoms with Crippen LogP contribution in [0, 0.1) is 0 Å². The minimum Gasteiger partial charge on any atom is -0.475 e. The van der Waals surface area contributed by atoms with Crippen molar-refractivity contribution in [3.05, 3.63) is 47.4 Å². The van der Waals surface area contributed by atoms with E-state index in [-0.39, 0.29) is 5.78 Å². The van der Waals surface area contributed by atoms with Gasteiger partial charge in [0.05, 0.1) is 0 Å². The lowest BCUT2D eigenvalue weighted by atomic mass is 10.1. The first-order valence-corrected chi connectivity index (χ1v) is 4.84. The van der Waals surface area contributed by atoms with Gasteiger partial charge >= 0.3 is 0 Å². The molecule has 1 aliphatic heterocycles. The molecule has 0 radical (unpaired) electrons. The second-order valence-electron chi connectivity index (χ2n) is 3.57. The molecule has 0 bridgehead atoms. The quantitative estimate of drug-likeness (QED) is 0.689. The number of ether oxygens (including phenoxy) is 1. The third-order valence-electron chi connectivity index (χ3n) is 2.44. The number of carbonyl (C=O) groups excluding carboxylic acids is 1. The Kier molecular flexibility index (Phi) is 2.46. The molecule has 0 unspecified atom stereocenters. The van der Waals surface area contributed by atoms with Crippen LogP contribution in [0.25, 0.3) is 0 Å². The third kappa shape index (κ3) is 1.73. The number of hydrogen-bond donors (Lipinski definition) is 0. The van der Waals surface area contributed by atoms with Gasteiger partial charge in [-0.25, -0.2) is 0 Å². The summed E-state index contributed by atoms with van der Waals surface area (Å²) in [6.07, 6.45) is 0. The van der Waals surface area contributed by atoms with Crippen molar-refractivity contribution >= 4 is 5.78 Å². The number of carbonyl (C=O) groups is 1. The van der Waals surface area contributed by atoms with Gasteiger partial charge in [-0.3, -0.25) is 4.79 Å². The van der Waals surface area contributed by atoms with E-state index in [9.17, 15) is 4.79 Å². The van der Waals surface area contributed by atoms with E-state index in [1.54, 1.807) is 0 Å². The summed E-state index contributed by atoms with van der Waals surface area (Å²) < 4.78 is 5.31. The van der Waals surface area contributed by atoms with Crippen molar-refractivity contribution in [1.82, 2.24) is 4.90 Å². The maximum atomic E-state index is 12.1. The van der Waals surface area contributed by atoms with Crippen LogP contribution in [0.2, 0.25) is 0 Å². The van der Waals surface area contributed by atoms with Crippen LogP contribution < -0.4 is 0 Å². The normalized spacial score (nSPS) is 15.5. The lowest BCUT2D eigenvalue weighted by Crippen LogP contribution is -2.20. The van der Waals surface area contributed by atoms with Gasteiger partial charge in [-0.15, -0.1) is 0 Å². The average Bonchev–Trinajstić information content (AvgIpc) is 2.59. The number of nitrogens with zero attached hydrogens (tertiary/aromatic N) is 1. The van der Waals surface area contributed by atoms with Crippen molar-refractivity contribution in [2.75, 3.05) is 13.8 Å². The number of ketones is 1. The molecule has 3 nitrogen and oxygen atoms in total. The second-order valence-corrected chi connectivity index (χ2v) is 3.57. The zero-order valence-electron chi connectivity index (χ0n) is 8.86. The third-order valence-corrected chi connectivity index (χ3v) is 2.44. The van der Waals surface area contributed by atoms with Crippen LogP contribution in [0.15, 0.2) is 41.8 Å². The molecule has 0 saturated heterocycles. The van der Waals surface area contributed by atoms with E-state index in [0.29, 0.717) is 23.8 Å². The zero-order valence-corrected chi connectivity index (χ0v) is 8.86. The van der Waals surface area contributed by atoms with Crippen LogP contribution in [0.3, 0.4) is 0 Å². The van der Waals surface area contributed by atoms with Crippen LogP contribution in [-0.2, 0) is 4.74 Å². The summed E-state index contributed by atoms with van der Waals surface area (Å²) in [5.74, 6) is 0.722. The molecular formula is C12H13NO2. The first-order valence-electron chi connectivity index (χ1n) is 4.84. The molecule has 0 N–H and O–H groups in total. The number of benzene rings is 1. The summed E-state index contributed by atoms with van der Waals surface area (Å²) in [5, 5.41) is 0. The van der Waals surface area contributed by atoms with Gasteiger partial charge in [0, 0.05) is 12.6 Å². The summed E-state index contributed by atoms with van der Waals surface area (Å²) >= 11 is 0. The van der Waals surface area contributed by atoms with Gasteiger partial charge in [0.15, 0.2) is 6.73 Å². The lowest BCUT2D eigenvalue weighted by molar-refractivity contribution is 0.0993. The molecule has 1 aromatic carbocycles. The molecule has 0 aliphatic carbocycles. The Labute approximate surface area is 89.0 Å². The largest absolute Gasteiger partial charge is 0.475 e. The molecular weight excluding hydrogens is 190 g/mol. The fraction of sp³-hybridized carbons (Fsp3) is 0.250. The van der Waals surface area contributed by atoms with Gasteiger partial charge in [-0.05, 0) is 6.92 Å². The first kappa shape index (κ1) is 9.77. The summed E-state index contributed by atoms with van der Waals surface area (Å²) in [7, 11) is 1.85. The minimum atomic E-state index is 0.0214. The Morgan fingerprint density at radius 3 is 2.53 bits per heavy atom. The van der Waals surface area contributed by atoms with E-state index in [1.807, 2.05) is 49.2 Å². The van der Waals surface area contributed by atoms with Crippen LogP contribution in [0.1, 0.15) is 17.3 Å². The number of Topliss-reactive ketones (excluding diaryl/α,β-unsaturated/α-hetero) is 1. The molecule has 0 fully saturated rings. The highest BCUT2D eigenvalue weighted by Gasteiger charge is 2.24. The Hall–Kier alpha value is -1.77. The Bertz CT molecular complexity index is 409. The van der Waals surface area contributed by atoms with Gasteiger partial charge in [-0.2, -0.15) is 0 Å². The molecule has 0 spiro atoms. The summed E-state index contributed by atoms with van der Waals surface area (Å²) in [6, 6.07) is 9.24. The SMILES string of the molecule is CC1=C(C(=O)c2ccccc2)N(C)CO1. The van der Waals surface area contributed by atoms with E-state index in [0.717, 1.165) is 0 Å². The summed E-state index contributed by atoms with van der Waals surface area (Å²) in [5.41, 5.74) is 1.35. The van der Waals surface area contributed by atoms with Crippen molar-refractivity contribution in [3.63, 3.8) is 0 Å². The van der Waals surface area contributed by atoms with Crippen LogP contribution in [-0.4, -0.2) is 24.5 Å². The van der Waals surface area contributed by atoms with E-state index in [2.05, 4.69) is 0 Å². The Balaban J connectivity index is 2.33. The minimum absolute atomic E-state index is 0.0214. The van der Waals surface area contributed by atoms with Gasteiger partial charge < -0.3 is 9.64 Å². The van der Waals surface area contributed by atoms with E-state index in [4.69, 9.17) is 4.74 Å². The second kappa shape index (κ2) is 3.77. The van der Waals surface area contributed by atoms with Crippen molar-refractivity contribution in [3.8, 4) is 0 Å². The fourth-order valence-corrected chi connectivity index (χ4v) is 1.65. The Morgan fingerprint density at radius 1 is 1.33 bits per heavy atom. The van der Waals surface area contributed by atoms with Gasteiger partial charge in [0.2, 0.25) is 5.78 Å². The summed E-state index contributed by atoms with van der Waals surface area (Å²) in [4.78, 5) is 13.9. The molecule has 3 heteroatoms. The molecule has 2 rings (SSSR count). The highest BCUT2D eigenvalue weighted by molar-refractivity contribution is 6.08. The van der Waals surface area contributed by atoms with Crippen molar-refractivity contribution < 1.29 is 9.53 Å². The Morgan fingerprint density at radius 2 is 2.00 bits per heavy atom. The van der Waals surface area contributed by atoms with E-state index >= 15 is 0 Å². The molecule has 0 saturated carbocycles. The molecule has 0 amide bonds. The van der Waals surface area contributed by atoms with Crippen LogP contribution in [0.5, 0.6) is 0 Å². The summed E-state index contributed by atoms with van der Waals surface area (Å²) in [6.45, 7) is 2.28. The maximum Gasteiger partial charge on any atom is 0.212 e. The lowest BCUT2D eigenvalue weighted by Gasteiger charge is -2.11. The predicted molar refractivity (Wildman–Crippen MR) is 57.2 cm³/mol. The molecule has 0 aromatic heterocycles. The topological polar surface area (TPSA) is 29.5 Å². The zero-order chi connectivity index (χ0) is 10.8. The molecule has 78 valence electrons. The van der Waals surface area contributed by atoms with E-state index < -0.39 is 0 Å². The average molecular weight is 203 g/mol. The number of likely N-dealkylation sites (N-methyl/N-ethyl adjacent to an activating group) is 1. The molecule has 1 heterocycles. The van der Waals surface area contributed by atoms with Gasteiger partial charge in [0.1, 0.15) is 11.5 Å². The fourth-order valence-electron chi connectivity index (χ4n) is 1.65. The van der Waals surface area contributed by atoms with Gasteiger partial charge in [0.25, 0.3) is 0 Å². The monoisotopic (exact) mass is 203 g/mol. The number of rotatable bonds is 2. The van der Waals surface area contributed by atoms with Gasteiger partial charge in [-0.1, -0.05) is 30.3 Å². The smallest absolute Gasteiger partial charge is 0.212 e.